The summed E-state index contributed by atoms with van der Waals surface area (Å²) in [7, 11) is 0. The van der Waals surface area contributed by atoms with Gasteiger partial charge in [0.25, 0.3) is 0 Å². The summed E-state index contributed by atoms with van der Waals surface area (Å²) < 4.78 is 8.00. The molecule has 0 radical (unpaired) electrons. The summed E-state index contributed by atoms with van der Waals surface area (Å²) >= 11 is 3.00. The molecule has 0 spiro atoms. The Kier molecular flexibility index (Phi) is 1.49. The van der Waals surface area contributed by atoms with Crippen LogP contribution in [0.4, 0.5) is 0 Å². The van der Waals surface area contributed by atoms with Gasteiger partial charge in [0.05, 0.1) is 9.75 Å². The third-order valence-corrected chi connectivity index (χ3v) is 2.81. The van der Waals surface area contributed by atoms with Gasteiger partial charge in [0.15, 0.2) is 0 Å². The van der Waals surface area contributed by atoms with Crippen molar-refractivity contribution in [1.29, 1.82) is 0 Å². The third-order valence-electron chi connectivity index (χ3n) is 1.12. The quantitative estimate of drug-likeness (QED) is 0.652. The van der Waals surface area contributed by atoms with E-state index in [0.29, 0.717) is 0 Å². The van der Waals surface area contributed by atoms with E-state index in [9.17, 15) is 0 Å². The number of aromatic nitrogens is 2. The molecule has 4 heteroatoms. The van der Waals surface area contributed by atoms with Crippen LogP contribution in [0.25, 0.3) is 9.75 Å². The van der Waals surface area contributed by atoms with Crippen LogP contribution in [0.1, 0.15) is 0 Å². The maximum Gasteiger partial charge on any atom is 0.0665 e. The van der Waals surface area contributed by atoms with Crippen LogP contribution in [0.5, 0.6) is 0 Å². The number of nitrogens with zero attached hydrogens (tertiary/aromatic N) is 2. The molecule has 50 valence electrons. The van der Waals surface area contributed by atoms with Gasteiger partial charge in [0.1, 0.15) is 0 Å². The molecular formula is C6H4N2S2. The Bertz CT molecular complexity index is 253. The zero-order valence-corrected chi connectivity index (χ0v) is 6.65. The molecule has 2 rings (SSSR count). The molecule has 2 heterocycles. The highest BCUT2D eigenvalue weighted by Crippen LogP contribution is 2.24. The lowest BCUT2D eigenvalue weighted by Crippen LogP contribution is -1.55. The predicted molar refractivity (Wildman–Crippen MR) is 43.2 cm³/mol. The Labute approximate surface area is 66.5 Å². The van der Waals surface area contributed by atoms with Gasteiger partial charge in [-0.25, -0.2) is 8.75 Å². The Hall–Kier alpha value is -0.740. The van der Waals surface area contributed by atoms with Gasteiger partial charge < -0.3 is 0 Å². The van der Waals surface area contributed by atoms with Crippen molar-refractivity contribution in [2.45, 2.75) is 0 Å². The van der Waals surface area contributed by atoms with Gasteiger partial charge in [-0.1, -0.05) is 0 Å². The maximum atomic E-state index is 4.00. The van der Waals surface area contributed by atoms with Gasteiger partial charge in [-0.2, -0.15) is 0 Å². The summed E-state index contributed by atoms with van der Waals surface area (Å²) in [5.74, 6) is 0. The molecule has 0 bridgehead atoms. The van der Waals surface area contributed by atoms with Crippen LogP contribution in [-0.4, -0.2) is 8.75 Å². The van der Waals surface area contributed by atoms with Crippen LogP contribution >= 0.6 is 23.1 Å². The molecule has 2 aromatic heterocycles. The molecule has 0 atom stereocenters. The zero-order valence-electron chi connectivity index (χ0n) is 5.02. The Morgan fingerprint density at radius 2 is 1.40 bits per heavy atom. The van der Waals surface area contributed by atoms with Gasteiger partial charge in [-0.3, -0.25) is 0 Å². The number of hydrogen-bond acceptors (Lipinski definition) is 4. The van der Waals surface area contributed by atoms with E-state index >= 15 is 0 Å². The van der Waals surface area contributed by atoms with Crippen LogP contribution in [0.3, 0.4) is 0 Å². The smallest absolute Gasteiger partial charge is 0.0665 e. The van der Waals surface area contributed by atoms with Gasteiger partial charge in [-0.05, 0) is 35.2 Å². The van der Waals surface area contributed by atoms with Crippen LogP contribution in [0.15, 0.2) is 24.5 Å². The molecule has 0 amide bonds. The van der Waals surface area contributed by atoms with Crippen molar-refractivity contribution in [1.82, 2.24) is 8.75 Å². The molecule has 0 fully saturated rings. The summed E-state index contributed by atoms with van der Waals surface area (Å²) in [6.07, 6.45) is 3.61. The van der Waals surface area contributed by atoms with Crippen LogP contribution in [0.2, 0.25) is 0 Å². The first-order valence-electron chi connectivity index (χ1n) is 2.78. The van der Waals surface area contributed by atoms with E-state index in [1.807, 2.05) is 12.1 Å². The molecule has 0 aliphatic rings. The minimum absolute atomic E-state index is 1.20. The van der Waals surface area contributed by atoms with Crippen LogP contribution in [0, 0.1) is 0 Å². The molecule has 0 aromatic carbocycles. The van der Waals surface area contributed by atoms with Gasteiger partial charge in [0.2, 0.25) is 0 Å². The van der Waals surface area contributed by atoms with Crippen molar-refractivity contribution in [2.75, 3.05) is 0 Å². The lowest BCUT2D eigenvalue weighted by atomic mass is 10.4. The molecule has 10 heavy (non-hydrogen) atoms. The van der Waals surface area contributed by atoms with E-state index in [1.54, 1.807) is 12.4 Å². The zero-order chi connectivity index (χ0) is 6.81. The minimum atomic E-state index is 1.20. The van der Waals surface area contributed by atoms with Crippen LogP contribution < -0.4 is 0 Å². The molecule has 0 saturated heterocycles. The number of hydrogen-bond donors (Lipinski definition) is 0. The van der Waals surface area contributed by atoms with E-state index in [1.165, 1.54) is 32.8 Å². The highest BCUT2D eigenvalue weighted by atomic mass is 32.1. The summed E-state index contributed by atoms with van der Waals surface area (Å²) in [5, 5.41) is 0. The van der Waals surface area contributed by atoms with E-state index in [2.05, 4.69) is 8.75 Å². The minimum Gasteiger partial charge on any atom is -0.201 e. The number of rotatable bonds is 1. The average molecular weight is 168 g/mol. The summed E-state index contributed by atoms with van der Waals surface area (Å²) in [5.41, 5.74) is 0. The fraction of sp³-hybridized carbons (Fsp3) is 0. The van der Waals surface area contributed by atoms with E-state index in [0.717, 1.165) is 0 Å². The second-order valence-corrected chi connectivity index (χ2v) is 3.42. The Morgan fingerprint density at radius 1 is 0.900 bits per heavy atom. The average Bonchev–Trinajstić information content (AvgIpc) is 2.59. The molecular weight excluding hydrogens is 164 g/mol. The third kappa shape index (κ3) is 0.955. The molecule has 2 aromatic rings. The summed E-state index contributed by atoms with van der Waals surface area (Å²) in [6, 6.07) is 4.00. The van der Waals surface area contributed by atoms with Gasteiger partial charge in [0, 0.05) is 12.4 Å². The van der Waals surface area contributed by atoms with E-state index in [-0.39, 0.29) is 0 Å². The lowest BCUT2D eigenvalue weighted by molar-refractivity contribution is 1.58. The Balaban J connectivity index is 2.48. The van der Waals surface area contributed by atoms with Crippen molar-refractivity contribution >= 4 is 23.1 Å². The fourth-order valence-electron chi connectivity index (χ4n) is 0.686. The fourth-order valence-corrected chi connectivity index (χ4v) is 1.94. The second-order valence-electron chi connectivity index (χ2n) is 1.75. The van der Waals surface area contributed by atoms with Crippen molar-refractivity contribution < 1.29 is 0 Å². The van der Waals surface area contributed by atoms with Crippen molar-refractivity contribution in [2.24, 2.45) is 0 Å². The largest absolute Gasteiger partial charge is 0.201 e. The first-order valence-corrected chi connectivity index (χ1v) is 4.33. The predicted octanol–water partition coefficient (Wildman–Crippen LogP) is 2.27. The lowest BCUT2D eigenvalue weighted by Gasteiger charge is -1.81. The Morgan fingerprint density at radius 3 is 1.70 bits per heavy atom. The van der Waals surface area contributed by atoms with Crippen molar-refractivity contribution in [3.05, 3.63) is 24.5 Å². The molecule has 0 saturated carbocycles. The first-order chi connectivity index (χ1) is 4.97. The summed E-state index contributed by atoms with van der Waals surface area (Å²) in [6.45, 7) is 0. The SMILES string of the molecule is c1cc(-c2ccns2)sn1. The maximum absolute atomic E-state index is 4.00. The normalized spacial score (nSPS) is 10.0. The molecule has 0 N–H and O–H groups in total. The highest BCUT2D eigenvalue weighted by molar-refractivity contribution is 7.16. The molecule has 2 nitrogen and oxygen atoms in total. The molecule has 0 aliphatic carbocycles. The topological polar surface area (TPSA) is 25.8 Å². The van der Waals surface area contributed by atoms with Gasteiger partial charge in [-0.15, -0.1) is 0 Å². The summed E-state index contributed by atoms with van der Waals surface area (Å²) in [4.78, 5) is 2.39. The molecule has 0 aliphatic heterocycles. The highest BCUT2D eigenvalue weighted by Gasteiger charge is 1.98. The van der Waals surface area contributed by atoms with E-state index < -0.39 is 0 Å². The van der Waals surface area contributed by atoms with Gasteiger partial charge >= 0.3 is 0 Å². The van der Waals surface area contributed by atoms with Crippen LogP contribution in [-0.2, 0) is 0 Å². The van der Waals surface area contributed by atoms with Crippen molar-refractivity contribution in [3.63, 3.8) is 0 Å². The monoisotopic (exact) mass is 168 g/mol. The molecule has 0 unspecified atom stereocenters. The second kappa shape index (κ2) is 2.48. The first kappa shape index (κ1) is 6.00. The van der Waals surface area contributed by atoms with E-state index in [4.69, 9.17) is 0 Å². The standard InChI is InChI=1S/C6H4N2S2/c1-3-7-9-5(1)6-2-4-8-10-6/h1-4H. The van der Waals surface area contributed by atoms with Crippen molar-refractivity contribution in [3.8, 4) is 9.75 Å².